The van der Waals surface area contributed by atoms with Gasteiger partial charge in [0.1, 0.15) is 6.26 Å². The van der Waals surface area contributed by atoms with Crippen LogP contribution in [0.4, 0.5) is 0 Å². The van der Waals surface area contributed by atoms with E-state index in [0.717, 1.165) is 12.8 Å². The van der Waals surface area contributed by atoms with E-state index in [9.17, 15) is 4.79 Å². The fourth-order valence-electron chi connectivity index (χ4n) is 2.15. The Kier molecular flexibility index (Phi) is 4.14. The first-order valence-corrected chi connectivity index (χ1v) is 6.19. The summed E-state index contributed by atoms with van der Waals surface area (Å²) in [6.45, 7) is 0.538. The van der Waals surface area contributed by atoms with Gasteiger partial charge in [0.25, 0.3) is 5.91 Å². The van der Waals surface area contributed by atoms with Crippen LogP contribution < -0.4 is 10.6 Å². The van der Waals surface area contributed by atoms with Crippen LogP contribution >= 0.6 is 0 Å². The number of oxazole rings is 1. The molecule has 1 aliphatic carbocycles. The Morgan fingerprint density at radius 3 is 2.94 bits per heavy atom. The molecular formula is C12H19N3O2. The summed E-state index contributed by atoms with van der Waals surface area (Å²) in [6, 6.07) is 0.306. The van der Waals surface area contributed by atoms with Gasteiger partial charge in [-0.15, -0.1) is 0 Å². The Balaban J connectivity index is 1.89. The number of rotatable bonds is 4. The van der Waals surface area contributed by atoms with Crippen molar-refractivity contribution in [3.05, 3.63) is 17.8 Å². The molecule has 1 aliphatic rings. The zero-order valence-electron chi connectivity index (χ0n) is 10.2. The highest BCUT2D eigenvalue weighted by Gasteiger charge is 2.18. The van der Waals surface area contributed by atoms with E-state index in [-0.39, 0.29) is 5.91 Å². The van der Waals surface area contributed by atoms with Crippen molar-refractivity contribution in [1.82, 2.24) is 15.6 Å². The quantitative estimate of drug-likeness (QED) is 0.832. The summed E-state index contributed by atoms with van der Waals surface area (Å²) in [5, 5.41) is 5.94. The third-order valence-corrected chi connectivity index (χ3v) is 3.05. The first-order valence-electron chi connectivity index (χ1n) is 6.19. The highest BCUT2D eigenvalue weighted by atomic mass is 16.3. The highest BCUT2D eigenvalue weighted by molar-refractivity contribution is 5.92. The molecule has 0 unspecified atom stereocenters. The molecular weight excluding hydrogens is 218 g/mol. The van der Waals surface area contributed by atoms with Crippen LogP contribution in [0.3, 0.4) is 0 Å². The average molecular weight is 237 g/mol. The van der Waals surface area contributed by atoms with Crippen LogP contribution in [0.1, 0.15) is 48.5 Å². The molecule has 0 aromatic carbocycles. The summed E-state index contributed by atoms with van der Waals surface area (Å²) in [4.78, 5) is 16.0. The fraction of sp³-hybridized carbons (Fsp3) is 0.667. The van der Waals surface area contributed by atoms with Gasteiger partial charge in [-0.3, -0.25) is 4.79 Å². The van der Waals surface area contributed by atoms with Gasteiger partial charge in [-0.05, 0) is 19.9 Å². The van der Waals surface area contributed by atoms with Crippen LogP contribution in [0.5, 0.6) is 0 Å². The molecule has 94 valence electrons. The normalized spacial score (nSPS) is 17.0. The van der Waals surface area contributed by atoms with E-state index >= 15 is 0 Å². The molecule has 1 heterocycles. The molecule has 1 aromatic heterocycles. The standard InChI is InChI=1S/C12H19N3O2/c1-13-7-11-15-10(8-17-11)12(16)14-9-5-3-2-4-6-9/h8-9,13H,2-7H2,1H3,(H,14,16). The Hall–Kier alpha value is -1.36. The van der Waals surface area contributed by atoms with E-state index in [1.807, 2.05) is 7.05 Å². The topological polar surface area (TPSA) is 67.2 Å². The Morgan fingerprint density at radius 1 is 1.47 bits per heavy atom. The van der Waals surface area contributed by atoms with Crippen LogP contribution in [0, 0.1) is 0 Å². The number of hydrogen-bond donors (Lipinski definition) is 2. The zero-order valence-corrected chi connectivity index (χ0v) is 10.2. The van der Waals surface area contributed by atoms with E-state index in [1.165, 1.54) is 25.5 Å². The van der Waals surface area contributed by atoms with E-state index < -0.39 is 0 Å². The molecule has 0 atom stereocenters. The van der Waals surface area contributed by atoms with Crippen LogP contribution in [0.25, 0.3) is 0 Å². The molecule has 2 rings (SSSR count). The molecule has 0 saturated heterocycles. The number of carbonyl (C=O) groups excluding carboxylic acids is 1. The molecule has 0 aliphatic heterocycles. The third kappa shape index (κ3) is 3.30. The fourth-order valence-corrected chi connectivity index (χ4v) is 2.15. The molecule has 0 bridgehead atoms. The van der Waals surface area contributed by atoms with Crippen LogP contribution in [-0.2, 0) is 6.54 Å². The van der Waals surface area contributed by atoms with Crippen molar-refractivity contribution in [1.29, 1.82) is 0 Å². The van der Waals surface area contributed by atoms with Crippen molar-refractivity contribution >= 4 is 5.91 Å². The summed E-state index contributed by atoms with van der Waals surface area (Å²) in [5.41, 5.74) is 0.376. The number of nitrogens with zero attached hydrogens (tertiary/aromatic N) is 1. The third-order valence-electron chi connectivity index (χ3n) is 3.05. The smallest absolute Gasteiger partial charge is 0.273 e. The lowest BCUT2D eigenvalue weighted by Crippen LogP contribution is -2.36. The molecule has 1 fully saturated rings. The van der Waals surface area contributed by atoms with Crippen molar-refractivity contribution in [3.63, 3.8) is 0 Å². The first-order chi connectivity index (χ1) is 8.29. The van der Waals surface area contributed by atoms with Crippen molar-refractivity contribution < 1.29 is 9.21 Å². The molecule has 17 heavy (non-hydrogen) atoms. The van der Waals surface area contributed by atoms with Crippen molar-refractivity contribution in [2.75, 3.05) is 7.05 Å². The lowest BCUT2D eigenvalue weighted by Gasteiger charge is -2.22. The number of amides is 1. The van der Waals surface area contributed by atoms with Crippen molar-refractivity contribution in [2.45, 2.75) is 44.7 Å². The van der Waals surface area contributed by atoms with Crippen molar-refractivity contribution in [3.8, 4) is 0 Å². The number of aromatic nitrogens is 1. The largest absolute Gasteiger partial charge is 0.447 e. The zero-order chi connectivity index (χ0) is 12.1. The maximum atomic E-state index is 11.9. The number of carbonyl (C=O) groups is 1. The van der Waals surface area contributed by atoms with Gasteiger partial charge in [0.05, 0.1) is 6.54 Å². The van der Waals surface area contributed by atoms with Crippen LogP contribution in [-0.4, -0.2) is 24.0 Å². The minimum absolute atomic E-state index is 0.122. The average Bonchev–Trinajstić information content (AvgIpc) is 2.79. The summed E-state index contributed by atoms with van der Waals surface area (Å²) in [7, 11) is 1.81. The van der Waals surface area contributed by atoms with Gasteiger partial charge in [-0.25, -0.2) is 4.98 Å². The van der Waals surface area contributed by atoms with E-state index in [4.69, 9.17) is 4.42 Å². The number of hydrogen-bond acceptors (Lipinski definition) is 4. The molecule has 5 nitrogen and oxygen atoms in total. The van der Waals surface area contributed by atoms with Crippen LogP contribution in [0.2, 0.25) is 0 Å². The van der Waals surface area contributed by atoms with E-state index in [2.05, 4.69) is 15.6 Å². The summed E-state index contributed by atoms with van der Waals surface area (Å²) in [5.74, 6) is 0.421. The van der Waals surface area contributed by atoms with Gasteiger partial charge in [0.15, 0.2) is 5.69 Å². The minimum Gasteiger partial charge on any atom is -0.447 e. The highest BCUT2D eigenvalue weighted by Crippen LogP contribution is 2.17. The van der Waals surface area contributed by atoms with Crippen molar-refractivity contribution in [2.24, 2.45) is 0 Å². The van der Waals surface area contributed by atoms with Gasteiger partial charge in [0, 0.05) is 6.04 Å². The second-order valence-corrected chi connectivity index (χ2v) is 4.47. The number of nitrogens with one attached hydrogen (secondary N) is 2. The molecule has 5 heteroatoms. The van der Waals surface area contributed by atoms with E-state index in [0.29, 0.717) is 24.2 Å². The lowest BCUT2D eigenvalue weighted by molar-refractivity contribution is 0.0922. The predicted molar refractivity (Wildman–Crippen MR) is 63.6 cm³/mol. The maximum Gasteiger partial charge on any atom is 0.273 e. The summed E-state index contributed by atoms with van der Waals surface area (Å²) >= 11 is 0. The molecule has 0 radical (unpaired) electrons. The Labute approximate surface area is 101 Å². The molecule has 1 amide bonds. The van der Waals surface area contributed by atoms with Gasteiger partial charge in [-0.1, -0.05) is 19.3 Å². The summed E-state index contributed by atoms with van der Waals surface area (Å²) < 4.78 is 5.18. The summed E-state index contributed by atoms with van der Waals surface area (Å²) in [6.07, 6.45) is 7.26. The molecule has 2 N–H and O–H groups in total. The van der Waals surface area contributed by atoms with Gasteiger partial charge in [0.2, 0.25) is 5.89 Å². The van der Waals surface area contributed by atoms with Gasteiger partial charge >= 0.3 is 0 Å². The second kappa shape index (κ2) is 5.82. The molecule has 0 spiro atoms. The predicted octanol–water partition coefficient (Wildman–Crippen LogP) is 1.46. The maximum absolute atomic E-state index is 11.9. The SMILES string of the molecule is CNCc1nc(C(=O)NC2CCCCC2)co1. The Morgan fingerprint density at radius 2 is 2.24 bits per heavy atom. The minimum atomic E-state index is -0.122. The van der Waals surface area contributed by atoms with Crippen LogP contribution in [0.15, 0.2) is 10.7 Å². The van der Waals surface area contributed by atoms with Gasteiger partial charge < -0.3 is 15.1 Å². The monoisotopic (exact) mass is 237 g/mol. The Bertz CT molecular complexity index is 370. The first kappa shape index (κ1) is 12.1. The molecule has 1 aromatic rings. The lowest BCUT2D eigenvalue weighted by atomic mass is 9.95. The molecule has 1 saturated carbocycles. The van der Waals surface area contributed by atoms with E-state index in [1.54, 1.807) is 0 Å². The van der Waals surface area contributed by atoms with Gasteiger partial charge in [-0.2, -0.15) is 0 Å². The second-order valence-electron chi connectivity index (χ2n) is 4.47.